The van der Waals surface area contributed by atoms with Gasteiger partial charge in [-0.05, 0) is 38.3 Å². The summed E-state index contributed by atoms with van der Waals surface area (Å²) in [5.74, 6) is -0.00930. The van der Waals surface area contributed by atoms with Crippen LogP contribution in [0.1, 0.15) is 26.2 Å². The summed E-state index contributed by atoms with van der Waals surface area (Å²) in [5, 5.41) is 9.36. The molecule has 1 aliphatic heterocycles. The number of pyridine rings is 1. The fourth-order valence-corrected chi connectivity index (χ4v) is 2.22. The van der Waals surface area contributed by atoms with Crippen LogP contribution in [0.2, 0.25) is 0 Å². The van der Waals surface area contributed by atoms with Gasteiger partial charge in [0.05, 0.1) is 0 Å². The number of anilines is 1. The van der Waals surface area contributed by atoms with E-state index < -0.39 is 11.5 Å². The first-order valence-corrected chi connectivity index (χ1v) is 5.57. The van der Waals surface area contributed by atoms with Crippen molar-refractivity contribution < 1.29 is 9.90 Å². The van der Waals surface area contributed by atoms with Crippen LogP contribution in [-0.4, -0.2) is 28.1 Å². The van der Waals surface area contributed by atoms with Crippen LogP contribution in [0, 0.1) is 0 Å². The maximum Gasteiger partial charge on any atom is 0.329 e. The molecule has 0 saturated carbocycles. The monoisotopic (exact) mass is 220 g/mol. The second-order valence-electron chi connectivity index (χ2n) is 4.38. The molecule has 1 aromatic rings. The third-order valence-corrected chi connectivity index (χ3v) is 3.28. The van der Waals surface area contributed by atoms with Crippen molar-refractivity contribution in [2.24, 2.45) is 0 Å². The summed E-state index contributed by atoms with van der Waals surface area (Å²) in [5.41, 5.74) is -0.813. The Morgan fingerprint density at radius 1 is 1.50 bits per heavy atom. The fourth-order valence-electron chi connectivity index (χ4n) is 2.22. The van der Waals surface area contributed by atoms with Gasteiger partial charge in [-0.15, -0.1) is 0 Å². The number of carbonyl (C=O) groups is 1. The van der Waals surface area contributed by atoms with Crippen LogP contribution in [0.4, 0.5) is 5.82 Å². The van der Waals surface area contributed by atoms with Crippen LogP contribution in [0.5, 0.6) is 0 Å². The summed E-state index contributed by atoms with van der Waals surface area (Å²) in [6.07, 6.45) is 4.37. The maximum absolute atomic E-state index is 11.4. The number of hydrogen-bond acceptors (Lipinski definition) is 3. The number of piperidine rings is 1. The summed E-state index contributed by atoms with van der Waals surface area (Å²) in [7, 11) is 0. The molecule has 16 heavy (non-hydrogen) atoms. The van der Waals surface area contributed by atoms with E-state index >= 15 is 0 Å². The van der Waals surface area contributed by atoms with E-state index in [-0.39, 0.29) is 0 Å². The Hall–Kier alpha value is -1.58. The highest BCUT2D eigenvalue weighted by Crippen LogP contribution is 2.31. The van der Waals surface area contributed by atoms with Crippen molar-refractivity contribution in [2.45, 2.75) is 31.7 Å². The Labute approximate surface area is 94.9 Å². The summed E-state index contributed by atoms with van der Waals surface area (Å²) in [6.45, 7) is 2.54. The van der Waals surface area contributed by atoms with E-state index in [1.807, 2.05) is 23.1 Å². The molecule has 2 heterocycles. The number of nitrogens with zero attached hydrogens (tertiary/aromatic N) is 2. The van der Waals surface area contributed by atoms with Gasteiger partial charge < -0.3 is 10.0 Å². The molecule has 1 unspecified atom stereocenters. The number of carboxylic acids is 1. The lowest BCUT2D eigenvalue weighted by Crippen LogP contribution is -2.55. The number of carboxylic acid groups (broad SMARTS) is 1. The first kappa shape index (κ1) is 10.9. The zero-order chi connectivity index (χ0) is 11.6. The lowest BCUT2D eigenvalue weighted by molar-refractivity contribution is -0.143. The molecule has 1 aliphatic rings. The Kier molecular flexibility index (Phi) is 2.81. The minimum Gasteiger partial charge on any atom is -0.480 e. The Bertz CT molecular complexity index is 380. The average Bonchev–Trinajstić information content (AvgIpc) is 2.30. The van der Waals surface area contributed by atoms with Crippen molar-refractivity contribution in [1.29, 1.82) is 0 Å². The molecule has 0 aliphatic carbocycles. The van der Waals surface area contributed by atoms with Gasteiger partial charge in [0.2, 0.25) is 0 Å². The predicted octanol–water partition coefficient (Wildman–Crippen LogP) is 1.92. The second-order valence-corrected chi connectivity index (χ2v) is 4.38. The molecule has 0 bridgehead atoms. The molecular weight excluding hydrogens is 204 g/mol. The highest BCUT2D eigenvalue weighted by atomic mass is 16.4. The van der Waals surface area contributed by atoms with Gasteiger partial charge in [-0.25, -0.2) is 9.78 Å². The van der Waals surface area contributed by atoms with Gasteiger partial charge in [0.15, 0.2) is 0 Å². The minimum absolute atomic E-state index is 0.679. The largest absolute Gasteiger partial charge is 0.480 e. The molecule has 4 nitrogen and oxygen atoms in total. The molecule has 0 amide bonds. The zero-order valence-electron chi connectivity index (χ0n) is 9.39. The third-order valence-electron chi connectivity index (χ3n) is 3.28. The van der Waals surface area contributed by atoms with Crippen LogP contribution in [0.3, 0.4) is 0 Å². The van der Waals surface area contributed by atoms with Gasteiger partial charge in [-0.2, -0.15) is 0 Å². The van der Waals surface area contributed by atoms with Crippen molar-refractivity contribution >= 4 is 11.8 Å². The maximum atomic E-state index is 11.4. The number of hydrogen-bond donors (Lipinski definition) is 1. The van der Waals surface area contributed by atoms with E-state index in [2.05, 4.69) is 4.98 Å². The fraction of sp³-hybridized carbons (Fsp3) is 0.500. The number of aromatic nitrogens is 1. The Morgan fingerprint density at radius 3 is 2.94 bits per heavy atom. The molecule has 0 aromatic carbocycles. The summed E-state index contributed by atoms with van der Waals surface area (Å²) in [6, 6.07) is 5.59. The quantitative estimate of drug-likeness (QED) is 0.827. The summed E-state index contributed by atoms with van der Waals surface area (Å²) in [4.78, 5) is 17.5. The minimum atomic E-state index is -0.813. The van der Waals surface area contributed by atoms with Gasteiger partial charge in [0.25, 0.3) is 0 Å². The third kappa shape index (κ3) is 1.75. The van der Waals surface area contributed by atoms with Crippen molar-refractivity contribution in [3.05, 3.63) is 24.4 Å². The topological polar surface area (TPSA) is 53.4 Å². The van der Waals surface area contributed by atoms with E-state index in [1.165, 1.54) is 0 Å². The Morgan fingerprint density at radius 2 is 2.31 bits per heavy atom. The van der Waals surface area contributed by atoms with E-state index in [9.17, 15) is 9.90 Å². The first-order valence-electron chi connectivity index (χ1n) is 5.57. The summed E-state index contributed by atoms with van der Waals surface area (Å²) >= 11 is 0. The van der Waals surface area contributed by atoms with Crippen LogP contribution in [0.15, 0.2) is 24.4 Å². The highest BCUT2D eigenvalue weighted by Gasteiger charge is 2.41. The van der Waals surface area contributed by atoms with Crippen molar-refractivity contribution in [3.63, 3.8) is 0 Å². The van der Waals surface area contributed by atoms with Gasteiger partial charge in [0, 0.05) is 12.7 Å². The van der Waals surface area contributed by atoms with Gasteiger partial charge in [0.1, 0.15) is 11.4 Å². The smallest absolute Gasteiger partial charge is 0.329 e. The van der Waals surface area contributed by atoms with Crippen LogP contribution in [-0.2, 0) is 4.79 Å². The highest BCUT2D eigenvalue weighted by molar-refractivity contribution is 5.83. The predicted molar refractivity (Wildman–Crippen MR) is 61.5 cm³/mol. The number of rotatable bonds is 2. The van der Waals surface area contributed by atoms with Gasteiger partial charge in [-0.3, -0.25) is 0 Å². The van der Waals surface area contributed by atoms with E-state index in [0.29, 0.717) is 6.42 Å². The van der Waals surface area contributed by atoms with Crippen molar-refractivity contribution in [2.75, 3.05) is 11.4 Å². The molecule has 1 saturated heterocycles. The average molecular weight is 220 g/mol. The molecule has 1 N–H and O–H groups in total. The first-order chi connectivity index (χ1) is 7.64. The van der Waals surface area contributed by atoms with Crippen molar-refractivity contribution in [3.8, 4) is 0 Å². The second kappa shape index (κ2) is 4.12. The SMILES string of the molecule is CC1(C(=O)O)CCCCN1c1ccccn1. The van der Waals surface area contributed by atoms with Gasteiger partial charge in [-0.1, -0.05) is 6.07 Å². The van der Waals surface area contributed by atoms with E-state index in [4.69, 9.17) is 0 Å². The zero-order valence-corrected chi connectivity index (χ0v) is 9.39. The number of aliphatic carboxylic acids is 1. The molecule has 1 fully saturated rings. The standard InChI is InChI=1S/C12H16N2O2/c1-12(11(15)16)7-3-5-9-14(12)10-6-2-4-8-13-10/h2,4,6,8H,3,5,7,9H2,1H3,(H,15,16). The molecule has 0 spiro atoms. The van der Waals surface area contributed by atoms with Crippen LogP contribution in [0.25, 0.3) is 0 Å². The lowest BCUT2D eigenvalue weighted by atomic mass is 9.88. The molecule has 1 aromatic heterocycles. The molecule has 1 atom stereocenters. The molecule has 2 rings (SSSR count). The normalized spacial score (nSPS) is 25.4. The Balaban J connectivity index is 2.34. The van der Waals surface area contributed by atoms with Crippen LogP contribution < -0.4 is 4.90 Å². The molecule has 4 heteroatoms. The summed E-state index contributed by atoms with van der Waals surface area (Å²) < 4.78 is 0. The lowest BCUT2D eigenvalue weighted by Gasteiger charge is -2.42. The van der Waals surface area contributed by atoms with Crippen molar-refractivity contribution in [1.82, 2.24) is 4.98 Å². The van der Waals surface area contributed by atoms with Crippen LogP contribution >= 0.6 is 0 Å². The molecule has 0 radical (unpaired) electrons. The van der Waals surface area contributed by atoms with E-state index in [1.54, 1.807) is 13.1 Å². The van der Waals surface area contributed by atoms with E-state index in [0.717, 1.165) is 25.2 Å². The molecule has 86 valence electrons. The molecular formula is C12H16N2O2. The van der Waals surface area contributed by atoms with Gasteiger partial charge >= 0.3 is 5.97 Å².